The highest BCUT2D eigenvalue weighted by atomic mass is 32.2. The monoisotopic (exact) mass is 375 g/mol. The molecule has 2 atom stereocenters. The molecule has 0 saturated carbocycles. The van der Waals surface area contributed by atoms with Crippen LogP contribution >= 0.6 is 0 Å². The van der Waals surface area contributed by atoms with Crippen molar-refractivity contribution in [3.05, 3.63) is 24.0 Å². The van der Waals surface area contributed by atoms with Gasteiger partial charge < -0.3 is 9.31 Å². The normalized spacial score (nSPS) is 34.8. The molecule has 1 aromatic rings. The highest BCUT2D eigenvalue weighted by Crippen LogP contribution is 2.40. The fourth-order valence-electron chi connectivity index (χ4n) is 4.18. The zero-order valence-electron chi connectivity index (χ0n) is 15.9. The molecule has 7 heteroatoms. The van der Waals surface area contributed by atoms with Gasteiger partial charge in [0, 0.05) is 50.6 Å². The number of pyridine rings is 1. The van der Waals surface area contributed by atoms with Gasteiger partial charge in [0.1, 0.15) is 0 Å². The van der Waals surface area contributed by atoms with Gasteiger partial charge in [-0.3, -0.25) is 14.0 Å². The number of carbonyl (C=O) groups is 1. The average Bonchev–Trinajstić information content (AvgIpc) is 2.92. The molecule has 26 heavy (non-hydrogen) atoms. The van der Waals surface area contributed by atoms with Crippen LogP contribution in [-0.4, -0.2) is 43.8 Å². The fraction of sp³-hybridized carbons (Fsp3) is 0.684. The summed E-state index contributed by atoms with van der Waals surface area (Å²) in [7, 11) is -1.26. The van der Waals surface area contributed by atoms with E-state index in [-0.39, 0.29) is 22.2 Å². The Labute approximate surface area is 157 Å². The molecule has 5 nitrogen and oxygen atoms in total. The minimum absolute atomic E-state index is 0.0412. The number of rotatable bonds is 3. The molecule has 2 unspecified atom stereocenters. The second kappa shape index (κ2) is 6.25. The maximum absolute atomic E-state index is 13.0. The number of hydrogen-bond acceptors (Lipinski definition) is 5. The second-order valence-electron chi connectivity index (χ2n) is 8.78. The molecule has 3 aliphatic heterocycles. The summed E-state index contributed by atoms with van der Waals surface area (Å²) in [5, 5.41) is 0.392. The summed E-state index contributed by atoms with van der Waals surface area (Å²) in [6.45, 7) is 8.03. The van der Waals surface area contributed by atoms with Crippen LogP contribution in [-0.2, 0) is 20.1 Å². The van der Waals surface area contributed by atoms with Crippen molar-refractivity contribution in [1.82, 2.24) is 4.98 Å². The third-order valence-electron chi connectivity index (χ3n) is 6.50. The van der Waals surface area contributed by atoms with Gasteiger partial charge in [0.2, 0.25) is 0 Å². The number of hydrogen-bond donors (Lipinski definition) is 0. The lowest BCUT2D eigenvalue weighted by Gasteiger charge is -2.32. The van der Waals surface area contributed by atoms with Crippen molar-refractivity contribution >= 4 is 29.2 Å². The number of fused-ring (bicyclic) bond motifs is 2. The molecule has 4 rings (SSSR count). The molecule has 3 fully saturated rings. The van der Waals surface area contributed by atoms with Crippen LogP contribution in [0.25, 0.3) is 0 Å². The number of nitrogens with zero attached hydrogens (tertiary/aromatic N) is 1. The maximum Gasteiger partial charge on any atom is 0.496 e. The van der Waals surface area contributed by atoms with Gasteiger partial charge in [-0.05, 0) is 59.4 Å². The van der Waals surface area contributed by atoms with E-state index in [1.54, 1.807) is 12.4 Å². The quantitative estimate of drug-likeness (QED) is 0.599. The van der Waals surface area contributed by atoms with E-state index in [0.29, 0.717) is 5.56 Å². The second-order valence-corrected chi connectivity index (χ2v) is 10.8. The predicted molar refractivity (Wildman–Crippen MR) is 102 cm³/mol. The molecule has 0 aromatic carbocycles. The summed E-state index contributed by atoms with van der Waals surface area (Å²) >= 11 is 0. The summed E-state index contributed by atoms with van der Waals surface area (Å²) in [6, 6.07) is 1.85. The first-order chi connectivity index (χ1) is 12.2. The van der Waals surface area contributed by atoms with Gasteiger partial charge in [-0.15, -0.1) is 0 Å². The summed E-state index contributed by atoms with van der Waals surface area (Å²) in [5.41, 5.74) is 0.528. The van der Waals surface area contributed by atoms with Crippen LogP contribution in [0.3, 0.4) is 0 Å². The van der Waals surface area contributed by atoms with E-state index >= 15 is 0 Å². The SMILES string of the molecule is CC1(C)OB(c2cncc(C(=O)C3CC4CCC(C3)S4=O)c2)OC1(C)C. The molecule has 2 bridgehead atoms. The lowest BCUT2D eigenvalue weighted by atomic mass is 9.78. The first-order valence-corrected chi connectivity index (χ1v) is 10.7. The van der Waals surface area contributed by atoms with E-state index in [0.717, 1.165) is 31.1 Å². The average molecular weight is 375 g/mol. The Balaban J connectivity index is 1.53. The summed E-state index contributed by atoms with van der Waals surface area (Å²) in [5.74, 6) is 0.0741. The smallest absolute Gasteiger partial charge is 0.399 e. The lowest BCUT2D eigenvalue weighted by molar-refractivity contribution is 0.00578. The van der Waals surface area contributed by atoms with E-state index in [1.807, 2.05) is 33.8 Å². The van der Waals surface area contributed by atoms with Gasteiger partial charge in [0.05, 0.1) is 11.2 Å². The molecule has 0 spiro atoms. The Hall–Kier alpha value is -1.05. The van der Waals surface area contributed by atoms with Crippen molar-refractivity contribution in [2.24, 2.45) is 5.92 Å². The Bertz CT molecular complexity index is 734. The third kappa shape index (κ3) is 2.98. The van der Waals surface area contributed by atoms with Crippen LogP contribution in [0, 0.1) is 5.92 Å². The largest absolute Gasteiger partial charge is 0.496 e. The van der Waals surface area contributed by atoms with E-state index in [4.69, 9.17) is 9.31 Å². The Kier molecular flexibility index (Phi) is 4.40. The maximum atomic E-state index is 13.0. The first-order valence-electron chi connectivity index (χ1n) is 9.42. The van der Waals surface area contributed by atoms with Crippen LogP contribution in [0.15, 0.2) is 18.5 Å². The van der Waals surface area contributed by atoms with Crippen molar-refractivity contribution < 1.29 is 18.3 Å². The van der Waals surface area contributed by atoms with Gasteiger partial charge in [-0.2, -0.15) is 0 Å². The topological polar surface area (TPSA) is 65.5 Å². The van der Waals surface area contributed by atoms with Gasteiger partial charge in [-0.1, -0.05) is 0 Å². The van der Waals surface area contributed by atoms with Crippen LogP contribution < -0.4 is 5.46 Å². The zero-order valence-corrected chi connectivity index (χ0v) is 16.7. The minimum Gasteiger partial charge on any atom is -0.399 e. The molecule has 140 valence electrons. The Morgan fingerprint density at radius 1 is 1.12 bits per heavy atom. The van der Waals surface area contributed by atoms with Gasteiger partial charge in [0.25, 0.3) is 0 Å². The minimum atomic E-state index is -0.744. The summed E-state index contributed by atoms with van der Waals surface area (Å²) in [6.07, 6.45) is 6.80. The van der Waals surface area contributed by atoms with Crippen molar-refractivity contribution in [3.63, 3.8) is 0 Å². The van der Waals surface area contributed by atoms with E-state index in [1.165, 1.54) is 0 Å². The lowest BCUT2D eigenvalue weighted by Crippen LogP contribution is -2.41. The summed E-state index contributed by atoms with van der Waals surface area (Å²) < 4.78 is 24.3. The Morgan fingerprint density at radius 2 is 1.69 bits per heavy atom. The van der Waals surface area contributed by atoms with Gasteiger partial charge in [-0.25, -0.2) is 0 Å². The molecule has 0 N–H and O–H groups in total. The summed E-state index contributed by atoms with van der Waals surface area (Å²) in [4.78, 5) is 17.3. The standard InChI is InChI=1S/C19H26BNO4S/c1-18(2)19(3,4)25-20(24-18)14-7-13(10-21-11-14)17(22)12-8-15-5-6-16(9-12)26(15)23/h7,10-12,15-16H,5-6,8-9H2,1-4H3. The van der Waals surface area contributed by atoms with Crippen LogP contribution in [0.2, 0.25) is 0 Å². The highest BCUT2D eigenvalue weighted by Gasteiger charge is 2.52. The molecule has 3 saturated heterocycles. The third-order valence-corrected chi connectivity index (χ3v) is 8.67. The zero-order chi connectivity index (χ0) is 18.7. The van der Waals surface area contributed by atoms with Gasteiger partial charge in [0.15, 0.2) is 5.78 Å². The van der Waals surface area contributed by atoms with Gasteiger partial charge >= 0.3 is 7.12 Å². The van der Waals surface area contributed by atoms with Crippen molar-refractivity contribution in [3.8, 4) is 0 Å². The van der Waals surface area contributed by atoms with E-state index < -0.39 is 29.1 Å². The van der Waals surface area contributed by atoms with Crippen molar-refractivity contribution in [2.75, 3.05) is 0 Å². The highest BCUT2D eigenvalue weighted by molar-refractivity contribution is 7.86. The first kappa shape index (κ1) is 18.3. The molecule has 1 aromatic heterocycles. The fourth-order valence-corrected chi connectivity index (χ4v) is 6.31. The number of carbonyl (C=O) groups excluding carboxylic acids is 1. The molecule has 0 amide bonds. The van der Waals surface area contributed by atoms with Crippen LogP contribution in [0.4, 0.5) is 0 Å². The number of Topliss-reactive ketones (excluding diaryl/α,β-unsaturated/α-hetero) is 1. The van der Waals surface area contributed by atoms with Crippen molar-refractivity contribution in [2.45, 2.75) is 75.1 Å². The molecular formula is C19H26BNO4S. The van der Waals surface area contributed by atoms with E-state index in [9.17, 15) is 9.00 Å². The molecule has 0 aliphatic carbocycles. The van der Waals surface area contributed by atoms with Crippen LogP contribution in [0.5, 0.6) is 0 Å². The molecular weight excluding hydrogens is 349 g/mol. The van der Waals surface area contributed by atoms with Crippen LogP contribution in [0.1, 0.15) is 63.7 Å². The molecule has 3 aliphatic rings. The molecule has 4 heterocycles. The van der Waals surface area contributed by atoms with Crippen molar-refractivity contribution in [1.29, 1.82) is 0 Å². The molecule has 0 radical (unpaired) electrons. The van der Waals surface area contributed by atoms with E-state index in [2.05, 4.69) is 4.98 Å². The number of aromatic nitrogens is 1. The Morgan fingerprint density at radius 3 is 2.27 bits per heavy atom. The number of ketones is 1. The predicted octanol–water partition coefficient (Wildman–Crippen LogP) is 2.25.